The zero-order valence-electron chi connectivity index (χ0n) is 21.7. The summed E-state index contributed by atoms with van der Waals surface area (Å²) in [6, 6.07) is 12.7. The van der Waals surface area contributed by atoms with Crippen LogP contribution in [0.3, 0.4) is 0 Å². The molecule has 210 valence electrons. The van der Waals surface area contributed by atoms with Crippen LogP contribution in [0.5, 0.6) is 0 Å². The maximum atomic E-state index is 14.0. The molecule has 0 N–H and O–H groups in total. The summed E-state index contributed by atoms with van der Waals surface area (Å²) in [7, 11) is 0. The number of benzene rings is 4. The van der Waals surface area contributed by atoms with Crippen molar-refractivity contribution in [3.05, 3.63) is 118 Å². The van der Waals surface area contributed by atoms with E-state index >= 15 is 0 Å². The molecule has 0 unspecified atom stereocenters. The van der Waals surface area contributed by atoms with Gasteiger partial charge in [0.05, 0.1) is 16.1 Å². The minimum Gasteiger partial charge on any atom is -0.241 e. The van der Waals surface area contributed by atoms with E-state index in [0.29, 0.717) is 43.7 Å². The van der Waals surface area contributed by atoms with Crippen LogP contribution in [0.15, 0.2) is 70.8 Å². The van der Waals surface area contributed by atoms with E-state index in [1.54, 1.807) is 18.3 Å². The summed E-state index contributed by atoms with van der Waals surface area (Å²) in [4.78, 5) is 16.6. The Morgan fingerprint density at radius 2 is 1.00 bits per heavy atom. The van der Waals surface area contributed by atoms with Gasteiger partial charge in [0.15, 0.2) is 40.3 Å². The Balaban J connectivity index is 1.52. The van der Waals surface area contributed by atoms with E-state index in [1.165, 1.54) is 24.3 Å². The van der Waals surface area contributed by atoms with Crippen molar-refractivity contribution in [2.45, 2.75) is 0 Å². The van der Waals surface area contributed by atoms with Gasteiger partial charge in [-0.25, -0.2) is 36.3 Å². The lowest BCUT2D eigenvalue weighted by molar-refractivity contribution is 0.447. The molecule has 1 aromatic heterocycles. The van der Waals surface area contributed by atoms with Crippen molar-refractivity contribution >= 4 is 43.6 Å². The van der Waals surface area contributed by atoms with E-state index in [0.717, 1.165) is 24.3 Å². The monoisotopic (exact) mass is 592 g/mol. The molecule has 0 saturated carbocycles. The quantitative estimate of drug-likeness (QED) is 0.0698. The predicted octanol–water partition coefficient (Wildman–Crippen LogP) is 7.25. The molecule has 7 rings (SSSR count). The highest BCUT2D eigenvalue weighted by atomic mass is 19.2. The summed E-state index contributed by atoms with van der Waals surface area (Å²) < 4.78 is 82.9. The fraction of sp³-hybridized carbons (Fsp3) is 0. The van der Waals surface area contributed by atoms with Crippen LogP contribution < -0.4 is 10.7 Å². The van der Waals surface area contributed by atoms with Gasteiger partial charge < -0.3 is 0 Å². The second-order valence-corrected chi connectivity index (χ2v) is 9.76. The van der Waals surface area contributed by atoms with Crippen molar-refractivity contribution in [3.8, 4) is 28.4 Å². The third-order valence-corrected chi connectivity index (χ3v) is 7.35. The van der Waals surface area contributed by atoms with Crippen LogP contribution in [0.2, 0.25) is 0 Å². The second kappa shape index (κ2) is 9.71. The summed E-state index contributed by atoms with van der Waals surface area (Å²) in [5.41, 5.74) is 1.77. The zero-order valence-corrected chi connectivity index (χ0v) is 21.7. The Hall–Kier alpha value is -6.14. The molecule has 1 heterocycles. The van der Waals surface area contributed by atoms with E-state index in [9.17, 15) is 31.6 Å². The van der Waals surface area contributed by atoms with Crippen molar-refractivity contribution in [1.82, 2.24) is 9.97 Å². The average Bonchev–Trinajstić information content (AvgIpc) is 3.48. The molecule has 0 amide bonds. The molecule has 0 aliphatic carbocycles. The number of halogens is 6. The molecule has 44 heavy (non-hydrogen) atoms. The second-order valence-electron chi connectivity index (χ2n) is 9.76. The van der Waals surface area contributed by atoms with Gasteiger partial charge in [0.2, 0.25) is 6.19 Å². The molecular formula is C32H10F6N6. The number of nitriles is 1. The largest absolute Gasteiger partial charge is 0.241 e. The van der Waals surface area contributed by atoms with E-state index in [-0.39, 0.29) is 32.9 Å². The lowest BCUT2D eigenvalue weighted by Gasteiger charge is -2.04. The van der Waals surface area contributed by atoms with E-state index in [4.69, 9.17) is 16.5 Å². The van der Waals surface area contributed by atoms with Gasteiger partial charge in [-0.15, -0.1) is 4.95 Å². The molecule has 0 aliphatic heterocycles. The van der Waals surface area contributed by atoms with E-state index < -0.39 is 34.9 Å². The van der Waals surface area contributed by atoms with Crippen molar-refractivity contribution in [1.29, 1.82) is 5.26 Å². The molecule has 0 fully saturated rings. The molecule has 7 aromatic rings. The van der Waals surface area contributed by atoms with Crippen LogP contribution in [0, 0.1) is 52.9 Å². The van der Waals surface area contributed by atoms with Gasteiger partial charge in [-0.3, -0.25) is 0 Å². The standard InChI is InChI=1S/C32H10F6N6/c1-40-44-30-20-7-14(16-10-23(35)26(38)24(36)11-16)3-5-18(20)29-32(30)43-28-17-4-2-13(15-8-21(33)25(37)22(34)9-15)6-19(17)27(41-12-39)31(28)42-29/h2-11H/b41-27?,44-30-. The van der Waals surface area contributed by atoms with Crippen molar-refractivity contribution in [2.75, 3.05) is 0 Å². The summed E-state index contributed by atoms with van der Waals surface area (Å²) in [6.07, 6.45) is 1.73. The first-order valence-electron chi connectivity index (χ1n) is 12.6. The average molecular weight is 592 g/mol. The van der Waals surface area contributed by atoms with Gasteiger partial charge in [0.25, 0.3) is 0 Å². The highest BCUT2D eigenvalue weighted by molar-refractivity contribution is 6.15. The topological polar surface area (TPSA) is 78.6 Å². The Labute approximate surface area is 241 Å². The molecule has 0 radical (unpaired) electrons. The summed E-state index contributed by atoms with van der Waals surface area (Å²) >= 11 is 0. The number of hydrogen-bond acceptors (Lipinski definition) is 5. The minimum atomic E-state index is -1.60. The van der Waals surface area contributed by atoms with Crippen LogP contribution in [0.1, 0.15) is 0 Å². The lowest BCUT2D eigenvalue weighted by atomic mass is 10.0. The number of nitrogens with zero attached hydrogens (tertiary/aromatic N) is 6. The number of fused-ring (bicyclic) bond motifs is 6. The van der Waals surface area contributed by atoms with Gasteiger partial charge in [0.1, 0.15) is 16.4 Å². The van der Waals surface area contributed by atoms with Crippen LogP contribution in [-0.2, 0) is 0 Å². The zero-order chi connectivity index (χ0) is 30.9. The maximum absolute atomic E-state index is 14.0. The lowest BCUT2D eigenvalue weighted by Crippen LogP contribution is -2.03. The SMILES string of the molecule is [C-]#[N+]/N=c1/c2cc(-c3cc(F)c(F)c(F)c3)ccc2c2nc3c(=NC#N)c4cc(-c5cc(F)c(F)c(F)c5)ccc4c3nc12. The third kappa shape index (κ3) is 3.89. The number of hydrogen-bond donors (Lipinski definition) is 0. The minimum absolute atomic E-state index is 0.0528. The van der Waals surface area contributed by atoms with Gasteiger partial charge in [-0.2, -0.15) is 16.8 Å². The summed E-state index contributed by atoms with van der Waals surface area (Å²) in [5.74, 6) is -8.65. The molecule has 0 atom stereocenters. The number of aromatic nitrogens is 2. The fourth-order valence-electron chi connectivity index (χ4n) is 5.41. The molecule has 0 saturated heterocycles. The van der Waals surface area contributed by atoms with Crippen molar-refractivity contribution < 1.29 is 26.3 Å². The molecule has 0 aliphatic rings. The first-order valence-corrected chi connectivity index (χ1v) is 12.6. The first-order chi connectivity index (χ1) is 21.2. The van der Waals surface area contributed by atoms with Crippen molar-refractivity contribution in [2.24, 2.45) is 10.1 Å². The van der Waals surface area contributed by atoms with E-state index in [2.05, 4.69) is 15.0 Å². The first kappa shape index (κ1) is 26.7. The van der Waals surface area contributed by atoms with Gasteiger partial charge in [-0.1, -0.05) is 24.3 Å². The van der Waals surface area contributed by atoms with Crippen LogP contribution in [0.25, 0.3) is 70.8 Å². The molecule has 6 nitrogen and oxygen atoms in total. The molecule has 0 spiro atoms. The van der Waals surface area contributed by atoms with Gasteiger partial charge >= 0.3 is 0 Å². The summed E-state index contributed by atoms with van der Waals surface area (Å²) in [6.45, 7) is 7.37. The Morgan fingerprint density at radius 3 is 1.43 bits per heavy atom. The van der Waals surface area contributed by atoms with Gasteiger partial charge in [0, 0.05) is 21.5 Å². The van der Waals surface area contributed by atoms with Crippen LogP contribution >= 0.6 is 0 Å². The Morgan fingerprint density at radius 1 is 0.568 bits per heavy atom. The maximum Gasteiger partial charge on any atom is 0.206 e. The van der Waals surface area contributed by atoms with E-state index in [1.807, 2.05) is 0 Å². The Kier molecular flexibility index (Phi) is 5.90. The highest BCUT2D eigenvalue weighted by Gasteiger charge is 2.21. The normalized spacial score (nSPS) is 12.5. The van der Waals surface area contributed by atoms with Crippen LogP contribution in [0.4, 0.5) is 26.3 Å². The molecule has 0 bridgehead atoms. The van der Waals surface area contributed by atoms with Gasteiger partial charge in [-0.05, 0) is 58.7 Å². The van der Waals surface area contributed by atoms with Crippen LogP contribution in [-0.4, -0.2) is 9.97 Å². The fourth-order valence-corrected chi connectivity index (χ4v) is 5.41. The smallest absolute Gasteiger partial charge is 0.206 e. The summed E-state index contributed by atoms with van der Waals surface area (Å²) in [5, 5.41) is 15.4. The Bertz CT molecular complexity index is 2380. The predicted molar refractivity (Wildman–Crippen MR) is 148 cm³/mol. The third-order valence-electron chi connectivity index (χ3n) is 7.35. The number of rotatable bonds is 2. The molecule has 12 heteroatoms. The van der Waals surface area contributed by atoms with Crippen molar-refractivity contribution in [3.63, 3.8) is 0 Å². The molecule has 6 aromatic carbocycles. The molecular weight excluding hydrogens is 582 g/mol. The highest BCUT2D eigenvalue weighted by Crippen LogP contribution is 2.33.